The molecule has 2 rings (SSSR count). The van der Waals surface area contributed by atoms with Gasteiger partial charge in [0.15, 0.2) is 0 Å². The van der Waals surface area contributed by atoms with E-state index >= 15 is 0 Å². The summed E-state index contributed by atoms with van der Waals surface area (Å²) in [5, 5.41) is 3.53. The van der Waals surface area contributed by atoms with Crippen molar-refractivity contribution in [3.63, 3.8) is 0 Å². The highest BCUT2D eigenvalue weighted by Crippen LogP contribution is 2.36. The van der Waals surface area contributed by atoms with Crippen LogP contribution < -0.4 is 9.62 Å². The molecular weight excluding hydrogens is 592 g/mol. The Bertz CT molecular complexity index is 1220. The van der Waals surface area contributed by atoms with Gasteiger partial charge in [0.1, 0.15) is 12.6 Å². The third-order valence-electron chi connectivity index (χ3n) is 5.18. The molecule has 0 radical (unpaired) electrons. The first-order chi connectivity index (χ1) is 16.6. The Morgan fingerprint density at radius 2 is 1.47 bits per heavy atom. The van der Waals surface area contributed by atoms with Gasteiger partial charge in [0.05, 0.1) is 27.0 Å². The summed E-state index contributed by atoms with van der Waals surface area (Å²) < 4.78 is 26.2. The van der Waals surface area contributed by atoms with E-state index in [4.69, 9.17) is 58.0 Å². The average molecular weight is 618 g/mol. The molecule has 0 spiro atoms. The van der Waals surface area contributed by atoms with E-state index < -0.39 is 34.4 Å². The van der Waals surface area contributed by atoms with Gasteiger partial charge < -0.3 is 10.2 Å². The second kappa shape index (κ2) is 12.9. The molecule has 13 heteroatoms. The molecule has 0 fully saturated rings. The Labute approximate surface area is 236 Å². The van der Waals surface area contributed by atoms with E-state index in [9.17, 15) is 18.0 Å². The zero-order valence-corrected chi connectivity index (χ0v) is 24.6. The van der Waals surface area contributed by atoms with E-state index in [1.54, 1.807) is 18.2 Å². The molecule has 0 saturated heterocycles. The molecule has 0 heterocycles. The molecule has 198 valence electrons. The maximum Gasteiger partial charge on any atom is 0.244 e. The van der Waals surface area contributed by atoms with E-state index in [1.807, 2.05) is 13.8 Å². The third kappa shape index (κ3) is 8.04. The van der Waals surface area contributed by atoms with Gasteiger partial charge in [-0.15, -0.1) is 0 Å². The number of nitrogens with one attached hydrogen (secondary N) is 1. The van der Waals surface area contributed by atoms with Crippen molar-refractivity contribution in [1.29, 1.82) is 0 Å². The number of hydrogen-bond acceptors (Lipinski definition) is 4. The number of nitrogens with zero attached hydrogens (tertiary/aromatic N) is 2. The van der Waals surface area contributed by atoms with Crippen molar-refractivity contribution in [1.82, 2.24) is 10.2 Å². The van der Waals surface area contributed by atoms with Crippen LogP contribution in [0.15, 0.2) is 30.3 Å². The van der Waals surface area contributed by atoms with Crippen molar-refractivity contribution in [3.05, 3.63) is 61.0 Å². The quantitative estimate of drug-likeness (QED) is 0.336. The standard InChI is InChI=1S/C23H26Cl5N3O4S/c1-13(2)10-29-23(33)14(3)30(11-15-16(24)6-5-7-17(15)25)22(32)12-31(36(4,34)35)21-9-19(27)18(26)8-20(21)28/h5-9,13-14H,10-12H2,1-4H3,(H,29,33)/t14-/m0/s1. The lowest BCUT2D eigenvalue weighted by molar-refractivity contribution is -0.139. The second-order valence-electron chi connectivity index (χ2n) is 8.52. The first kappa shape index (κ1) is 30.8. The lowest BCUT2D eigenvalue weighted by Gasteiger charge is -2.32. The summed E-state index contributed by atoms with van der Waals surface area (Å²) in [6.07, 6.45) is 0.924. The summed E-state index contributed by atoms with van der Waals surface area (Å²) in [5.41, 5.74) is 0.380. The van der Waals surface area contributed by atoms with Crippen molar-refractivity contribution in [3.8, 4) is 0 Å². The summed E-state index contributed by atoms with van der Waals surface area (Å²) in [6, 6.07) is 6.42. The van der Waals surface area contributed by atoms with Gasteiger partial charge >= 0.3 is 0 Å². The van der Waals surface area contributed by atoms with Gasteiger partial charge in [-0.3, -0.25) is 13.9 Å². The predicted molar refractivity (Wildman–Crippen MR) is 148 cm³/mol. The molecule has 0 unspecified atom stereocenters. The number of rotatable bonds is 10. The Morgan fingerprint density at radius 1 is 0.917 bits per heavy atom. The number of amides is 2. The Morgan fingerprint density at radius 3 is 2.00 bits per heavy atom. The number of carbonyl (C=O) groups is 2. The lowest BCUT2D eigenvalue weighted by Crippen LogP contribution is -2.51. The summed E-state index contributed by atoms with van der Waals surface area (Å²) in [4.78, 5) is 27.7. The largest absolute Gasteiger partial charge is 0.354 e. The van der Waals surface area contributed by atoms with Crippen LogP contribution in [0.3, 0.4) is 0 Å². The zero-order chi connectivity index (χ0) is 27.4. The van der Waals surface area contributed by atoms with Crippen LogP contribution in [0.5, 0.6) is 0 Å². The van der Waals surface area contributed by atoms with Gasteiger partial charge in [-0.2, -0.15) is 0 Å². The van der Waals surface area contributed by atoms with Crippen molar-refractivity contribution in [2.24, 2.45) is 5.92 Å². The zero-order valence-electron chi connectivity index (χ0n) is 20.0. The van der Waals surface area contributed by atoms with Gasteiger partial charge in [0.2, 0.25) is 21.8 Å². The molecule has 1 atom stereocenters. The molecule has 0 bridgehead atoms. The molecule has 7 nitrogen and oxygen atoms in total. The Kier molecular flexibility index (Phi) is 11.0. The van der Waals surface area contributed by atoms with E-state index in [0.29, 0.717) is 22.2 Å². The molecule has 0 saturated carbocycles. The van der Waals surface area contributed by atoms with Crippen molar-refractivity contribution in [2.45, 2.75) is 33.4 Å². The van der Waals surface area contributed by atoms with E-state index in [0.717, 1.165) is 10.6 Å². The normalized spacial score (nSPS) is 12.4. The molecule has 0 aliphatic heterocycles. The smallest absolute Gasteiger partial charge is 0.244 e. The Hall–Kier alpha value is -1.42. The van der Waals surface area contributed by atoms with Crippen LogP contribution in [0, 0.1) is 5.92 Å². The van der Waals surface area contributed by atoms with Gasteiger partial charge in [-0.1, -0.05) is 77.9 Å². The van der Waals surface area contributed by atoms with Gasteiger partial charge in [0, 0.05) is 28.7 Å². The van der Waals surface area contributed by atoms with Crippen LogP contribution in [-0.4, -0.2) is 50.5 Å². The summed E-state index contributed by atoms with van der Waals surface area (Å²) in [5.74, 6) is -0.926. The molecule has 1 N–H and O–H groups in total. The minimum absolute atomic E-state index is 0.0222. The number of sulfonamides is 1. The summed E-state index contributed by atoms with van der Waals surface area (Å²) in [7, 11) is -4.01. The number of benzene rings is 2. The molecule has 2 aromatic rings. The van der Waals surface area contributed by atoms with Crippen LogP contribution in [0.25, 0.3) is 0 Å². The van der Waals surface area contributed by atoms with E-state index in [1.165, 1.54) is 24.0 Å². The highest BCUT2D eigenvalue weighted by Gasteiger charge is 2.32. The fourth-order valence-electron chi connectivity index (χ4n) is 3.19. The first-order valence-electron chi connectivity index (χ1n) is 10.8. The third-order valence-corrected chi connectivity index (χ3v) is 8.04. The molecular formula is C23H26Cl5N3O4S. The molecule has 0 aliphatic rings. The molecule has 0 aliphatic carbocycles. The second-order valence-corrected chi connectivity index (χ2v) is 12.5. The van der Waals surface area contributed by atoms with E-state index in [2.05, 4.69) is 5.32 Å². The minimum Gasteiger partial charge on any atom is -0.354 e. The number of halogens is 5. The first-order valence-corrected chi connectivity index (χ1v) is 14.5. The van der Waals surface area contributed by atoms with Crippen LogP contribution in [0.2, 0.25) is 25.1 Å². The SMILES string of the molecule is CC(C)CNC(=O)[C@H](C)N(Cc1c(Cl)cccc1Cl)C(=O)CN(c1cc(Cl)c(Cl)cc1Cl)S(C)(=O)=O. The van der Waals surface area contributed by atoms with Gasteiger partial charge in [0.25, 0.3) is 0 Å². The minimum atomic E-state index is -4.01. The van der Waals surface area contributed by atoms with Crippen LogP contribution in [0.4, 0.5) is 5.69 Å². The lowest BCUT2D eigenvalue weighted by atomic mass is 10.1. The molecule has 2 aromatic carbocycles. The van der Waals surface area contributed by atoms with Crippen molar-refractivity contribution >= 4 is 85.5 Å². The van der Waals surface area contributed by atoms with Gasteiger partial charge in [-0.25, -0.2) is 8.42 Å². The fourth-order valence-corrected chi connectivity index (χ4v) is 5.25. The number of anilines is 1. The van der Waals surface area contributed by atoms with Crippen LogP contribution in [0.1, 0.15) is 26.3 Å². The topological polar surface area (TPSA) is 86.8 Å². The highest BCUT2D eigenvalue weighted by molar-refractivity contribution is 7.92. The van der Waals surface area contributed by atoms with Crippen molar-refractivity contribution in [2.75, 3.05) is 23.7 Å². The summed E-state index contributed by atoms with van der Waals surface area (Å²) >= 11 is 30.9. The molecule has 0 aromatic heterocycles. The number of hydrogen-bond donors (Lipinski definition) is 1. The van der Waals surface area contributed by atoms with Gasteiger partial charge in [-0.05, 0) is 37.1 Å². The Balaban J connectivity index is 2.50. The maximum absolute atomic E-state index is 13.6. The molecule has 2 amide bonds. The molecule has 36 heavy (non-hydrogen) atoms. The van der Waals surface area contributed by atoms with Crippen molar-refractivity contribution < 1.29 is 18.0 Å². The van der Waals surface area contributed by atoms with E-state index in [-0.39, 0.29) is 33.2 Å². The van der Waals surface area contributed by atoms with Crippen LogP contribution >= 0.6 is 58.0 Å². The van der Waals surface area contributed by atoms with Crippen LogP contribution in [-0.2, 0) is 26.2 Å². The predicted octanol–water partition coefficient (Wildman–Crippen LogP) is 5.91. The number of carbonyl (C=O) groups excluding carboxylic acids is 2. The monoisotopic (exact) mass is 615 g/mol. The average Bonchev–Trinajstić information content (AvgIpc) is 2.77. The summed E-state index contributed by atoms with van der Waals surface area (Å²) in [6.45, 7) is 4.99. The fraction of sp³-hybridized carbons (Fsp3) is 0.391. The highest BCUT2D eigenvalue weighted by atomic mass is 35.5. The maximum atomic E-state index is 13.6.